The average molecular weight is 445 g/mol. The summed E-state index contributed by atoms with van der Waals surface area (Å²) >= 11 is 7.33. The van der Waals surface area contributed by atoms with Gasteiger partial charge in [0.05, 0.1) is 9.77 Å². The lowest BCUT2D eigenvalue weighted by atomic mass is 10.1. The molecule has 0 aliphatic heterocycles. The highest BCUT2D eigenvalue weighted by Crippen LogP contribution is 2.34. The SMILES string of the molecule is Cc1ccc(CNc2oc(-c3cccs3)nc2S(=O)(=O)c2ccc(Cl)cc2)cc1. The first-order valence-corrected chi connectivity index (χ1v) is 11.5. The third-order valence-electron chi connectivity index (χ3n) is 4.28. The second kappa shape index (κ2) is 8.02. The topological polar surface area (TPSA) is 72.2 Å². The van der Waals surface area contributed by atoms with Gasteiger partial charge in [-0.15, -0.1) is 11.3 Å². The maximum atomic E-state index is 13.2. The van der Waals surface area contributed by atoms with Crippen LogP contribution in [0.25, 0.3) is 10.8 Å². The maximum Gasteiger partial charge on any atom is 0.240 e. The van der Waals surface area contributed by atoms with E-state index >= 15 is 0 Å². The Bertz CT molecular complexity index is 1210. The first kappa shape index (κ1) is 19.7. The van der Waals surface area contributed by atoms with Gasteiger partial charge in [0.1, 0.15) is 0 Å². The molecule has 0 bridgehead atoms. The van der Waals surface area contributed by atoms with Gasteiger partial charge >= 0.3 is 0 Å². The van der Waals surface area contributed by atoms with Crippen LogP contribution in [0.1, 0.15) is 11.1 Å². The predicted molar refractivity (Wildman–Crippen MR) is 115 cm³/mol. The number of nitrogens with zero attached hydrogens (tertiary/aromatic N) is 1. The van der Waals surface area contributed by atoms with E-state index in [1.165, 1.54) is 35.6 Å². The van der Waals surface area contributed by atoms with Gasteiger partial charge in [0.25, 0.3) is 0 Å². The van der Waals surface area contributed by atoms with Crippen LogP contribution in [-0.4, -0.2) is 13.4 Å². The Morgan fingerprint density at radius 2 is 1.79 bits per heavy atom. The van der Waals surface area contributed by atoms with Crippen LogP contribution in [0.15, 0.2) is 80.4 Å². The summed E-state index contributed by atoms with van der Waals surface area (Å²) in [7, 11) is -3.89. The Morgan fingerprint density at radius 3 is 2.45 bits per heavy atom. The zero-order valence-electron chi connectivity index (χ0n) is 15.4. The highest BCUT2D eigenvalue weighted by Gasteiger charge is 2.28. The normalized spacial score (nSPS) is 11.5. The molecule has 0 fully saturated rings. The summed E-state index contributed by atoms with van der Waals surface area (Å²) in [5.74, 6) is 0.378. The number of hydrogen-bond donors (Lipinski definition) is 1. The number of aryl methyl sites for hydroxylation is 1. The molecular formula is C21H17ClN2O3S2. The van der Waals surface area contributed by atoms with Crippen molar-refractivity contribution in [2.75, 3.05) is 5.32 Å². The Balaban J connectivity index is 1.73. The molecule has 2 heterocycles. The fourth-order valence-corrected chi connectivity index (χ4v) is 4.77. The van der Waals surface area contributed by atoms with E-state index in [1.807, 2.05) is 48.7 Å². The highest BCUT2D eigenvalue weighted by atomic mass is 35.5. The van der Waals surface area contributed by atoms with E-state index < -0.39 is 9.84 Å². The fraction of sp³-hybridized carbons (Fsp3) is 0.0952. The van der Waals surface area contributed by atoms with Crippen LogP contribution in [0.4, 0.5) is 5.88 Å². The quantitative estimate of drug-likeness (QED) is 0.406. The molecule has 0 aliphatic carbocycles. The minimum atomic E-state index is -3.89. The van der Waals surface area contributed by atoms with Crippen molar-refractivity contribution in [2.24, 2.45) is 0 Å². The molecular weight excluding hydrogens is 428 g/mol. The zero-order chi connectivity index (χ0) is 20.4. The molecule has 0 saturated carbocycles. The second-order valence-electron chi connectivity index (χ2n) is 6.43. The molecule has 0 spiro atoms. The van der Waals surface area contributed by atoms with Crippen LogP contribution in [0.5, 0.6) is 0 Å². The summed E-state index contributed by atoms with van der Waals surface area (Å²) in [6.45, 7) is 2.42. The summed E-state index contributed by atoms with van der Waals surface area (Å²) in [6.07, 6.45) is 0. The summed E-state index contributed by atoms with van der Waals surface area (Å²) in [5, 5.41) is 5.29. The Hall–Kier alpha value is -2.61. The largest absolute Gasteiger partial charge is 0.418 e. The third kappa shape index (κ3) is 4.22. The number of rotatable bonds is 6. The Labute approximate surface area is 177 Å². The number of thiophene rings is 1. The van der Waals surface area contributed by atoms with Gasteiger partial charge in [0, 0.05) is 11.6 Å². The molecule has 148 valence electrons. The lowest BCUT2D eigenvalue weighted by Crippen LogP contribution is -2.07. The standard InChI is InChI=1S/C21H17ClN2O3S2/c1-14-4-6-15(7-5-14)13-23-20-21(24-19(27-20)18-3-2-12-28-18)29(25,26)17-10-8-16(22)9-11-17/h2-12,23H,13H2,1H3. The van der Waals surface area contributed by atoms with Crippen molar-refractivity contribution in [2.45, 2.75) is 23.4 Å². The van der Waals surface area contributed by atoms with E-state index in [0.717, 1.165) is 16.0 Å². The minimum absolute atomic E-state index is 0.103. The van der Waals surface area contributed by atoms with Crippen LogP contribution in [0, 0.1) is 6.92 Å². The Morgan fingerprint density at radius 1 is 1.07 bits per heavy atom. The van der Waals surface area contributed by atoms with Crippen molar-refractivity contribution in [3.05, 3.63) is 82.2 Å². The van der Waals surface area contributed by atoms with E-state index in [4.69, 9.17) is 16.0 Å². The predicted octanol–water partition coefficient (Wildman–Crippen LogP) is 5.81. The number of nitrogens with one attached hydrogen (secondary N) is 1. The summed E-state index contributed by atoms with van der Waals surface area (Å²) in [5.41, 5.74) is 2.15. The van der Waals surface area contributed by atoms with E-state index in [0.29, 0.717) is 11.6 Å². The molecule has 0 saturated heterocycles. The number of oxazole rings is 1. The molecule has 0 unspecified atom stereocenters. The smallest absolute Gasteiger partial charge is 0.240 e. The summed E-state index contributed by atoms with van der Waals surface area (Å²) < 4.78 is 32.2. The number of halogens is 1. The van der Waals surface area contributed by atoms with Crippen molar-refractivity contribution in [3.8, 4) is 10.8 Å². The summed E-state index contributed by atoms with van der Waals surface area (Å²) in [4.78, 5) is 5.16. The number of benzene rings is 2. The molecule has 0 atom stereocenters. The van der Waals surface area contributed by atoms with Crippen LogP contribution < -0.4 is 5.32 Å². The van der Waals surface area contributed by atoms with Gasteiger partial charge in [-0.25, -0.2) is 8.42 Å². The fourth-order valence-electron chi connectivity index (χ4n) is 2.72. The van der Waals surface area contributed by atoms with Crippen molar-refractivity contribution in [1.82, 2.24) is 4.98 Å². The molecule has 29 heavy (non-hydrogen) atoms. The number of sulfone groups is 1. The van der Waals surface area contributed by atoms with E-state index in [2.05, 4.69) is 10.3 Å². The van der Waals surface area contributed by atoms with Gasteiger partial charge < -0.3 is 9.73 Å². The number of hydrogen-bond acceptors (Lipinski definition) is 6. The molecule has 2 aromatic carbocycles. The third-order valence-corrected chi connectivity index (χ3v) is 7.07. The molecule has 1 N–H and O–H groups in total. The molecule has 2 aromatic heterocycles. The molecule has 0 radical (unpaired) electrons. The molecule has 4 aromatic rings. The van der Waals surface area contributed by atoms with Gasteiger partial charge in [0.15, 0.2) is 0 Å². The van der Waals surface area contributed by atoms with E-state index in [-0.39, 0.29) is 21.7 Å². The van der Waals surface area contributed by atoms with Gasteiger partial charge in [-0.05, 0) is 48.2 Å². The lowest BCUT2D eigenvalue weighted by Gasteiger charge is -2.07. The van der Waals surface area contributed by atoms with Crippen LogP contribution >= 0.6 is 22.9 Å². The van der Waals surface area contributed by atoms with Crippen molar-refractivity contribution >= 4 is 38.7 Å². The van der Waals surface area contributed by atoms with Crippen molar-refractivity contribution < 1.29 is 12.8 Å². The molecule has 0 amide bonds. The molecule has 8 heteroatoms. The first-order chi connectivity index (χ1) is 13.9. The highest BCUT2D eigenvalue weighted by molar-refractivity contribution is 7.91. The zero-order valence-corrected chi connectivity index (χ0v) is 17.8. The molecule has 5 nitrogen and oxygen atoms in total. The average Bonchev–Trinajstić information content (AvgIpc) is 3.38. The minimum Gasteiger partial charge on any atom is -0.418 e. The number of anilines is 1. The van der Waals surface area contributed by atoms with E-state index in [9.17, 15) is 8.42 Å². The van der Waals surface area contributed by atoms with Gasteiger partial charge in [-0.3, -0.25) is 0 Å². The van der Waals surface area contributed by atoms with Crippen molar-refractivity contribution in [1.29, 1.82) is 0 Å². The van der Waals surface area contributed by atoms with E-state index in [1.54, 1.807) is 0 Å². The molecule has 4 rings (SSSR count). The van der Waals surface area contributed by atoms with Gasteiger partial charge in [0.2, 0.25) is 26.6 Å². The van der Waals surface area contributed by atoms with Gasteiger partial charge in [-0.1, -0.05) is 47.5 Å². The molecule has 0 aliphatic rings. The van der Waals surface area contributed by atoms with Crippen molar-refractivity contribution in [3.63, 3.8) is 0 Å². The Kier molecular flexibility index (Phi) is 5.45. The van der Waals surface area contributed by atoms with Crippen LogP contribution in [0.3, 0.4) is 0 Å². The maximum absolute atomic E-state index is 13.2. The van der Waals surface area contributed by atoms with Crippen LogP contribution in [0.2, 0.25) is 5.02 Å². The lowest BCUT2D eigenvalue weighted by molar-refractivity contribution is 0.577. The first-order valence-electron chi connectivity index (χ1n) is 8.78. The van der Waals surface area contributed by atoms with Crippen LogP contribution in [-0.2, 0) is 16.4 Å². The second-order valence-corrected chi connectivity index (χ2v) is 9.68. The summed E-state index contributed by atoms with van der Waals surface area (Å²) in [6, 6.07) is 17.6. The number of aromatic nitrogens is 1. The van der Waals surface area contributed by atoms with Gasteiger partial charge in [-0.2, -0.15) is 4.98 Å². The monoisotopic (exact) mass is 444 g/mol.